The molecule has 1 atom stereocenters. The summed E-state index contributed by atoms with van der Waals surface area (Å²) in [5.41, 5.74) is 1.43. The molecule has 0 unspecified atom stereocenters. The largest absolute Gasteiger partial charge is 0.484 e. The Labute approximate surface area is 170 Å². The van der Waals surface area contributed by atoms with Gasteiger partial charge >= 0.3 is 5.63 Å². The van der Waals surface area contributed by atoms with Crippen LogP contribution in [0.1, 0.15) is 31.4 Å². The predicted octanol–water partition coefficient (Wildman–Crippen LogP) is 2.46. The number of amides is 1. The van der Waals surface area contributed by atoms with Crippen LogP contribution in [0.25, 0.3) is 11.0 Å². The first-order chi connectivity index (χ1) is 13.6. The third kappa shape index (κ3) is 4.80. The molecule has 1 fully saturated rings. The van der Waals surface area contributed by atoms with E-state index in [4.69, 9.17) is 9.15 Å². The van der Waals surface area contributed by atoms with Crippen molar-refractivity contribution in [1.29, 1.82) is 0 Å². The van der Waals surface area contributed by atoms with Crippen LogP contribution in [0, 0.1) is 19.8 Å². The van der Waals surface area contributed by atoms with E-state index in [0.29, 0.717) is 29.9 Å². The molecule has 1 aliphatic rings. The molecule has 29 heavy (non-hydrogen) atoms. The summed E-state index contributed by atoms with van der Waals surface area (Å²) in [7, 11) is -3.09. The second kappa shape index (κ2) is 8.18. The molecule has 1 aromatic carbocycles. The smallest absolute Gasteiger partial charge is 0.339 e. The number of benzene rings is 1. The lowest BCUT2D eigenvalue weighted by atomic mass is 10.1. The highest BCUT2D eigenvalue weighted by Crippen LogP contribution is 2.24. The topological polar surface area (TPSA) is 93.9 Å². The number of carbonyl (C=O) groups is 1. The SMILES string of the molecule is Cc1c(C)c2ccc(OCC(=O)N(CC(C)C)[C@@H]3CCS(=O)(=O)C3)cc2oc1=O. The van der Waals surface area contributed by atoms with Crippen molar-refractivity contribution in [2.45, 2.75) is 40.2 Å². The number of nitrogens with zero attached hydrogens (tertiary/aromatic N) is 1. The van der Waals surface area contributed by atoms with E-state index < -0.39 is 15.5 Å². The van der Waals surface area contributed by atoms with Gasteiger partial charge in [0, 0.05) is 29.6 Å². The molecule has 7 nitrogen and oxygen atoms in total. The van der Waals surface area contributed by atoms with Crippen LogP contribution < -0.4 is 10.4 Å². The monoisotopic (exact) mass is 421 g/mol. The van der Waals surface area contributed by atoms with Gasteiger partial charge in [-0.2, -0.15) is 0 Å². The zero-order valence-corrected chi connectivity index (χ0v) is 18.0. The van der Waals surface area contributed by atoms with E-state index in [0.717, 1.165) is 10.9 Å². The van der Waals surface area contributed by atoms with Gasteiger partial charge < -0.3 is 14.1 Å². The molecule has 1 amide bonds. The minimum absolute atomic E-state index is 0.00518. The van der Waals surface area contributed by atoms with Gasteiger partial charge in [-0.25, -0.2) is 13.2 Å². The Morgan fingerprint density at radius 2 is 2.00 bits per heavy atom. The average molecular weight is 422 g/mol. The van der Waals surface area contributed by atoms with E-state index in [2.05, 4.69) is 0 Å². The van der Waals surface area contributed by atoms with Crippen molar-refractivity contribution in [3.05, 3.63) is 39.7 Å². The summed E-state index contributed by atoms with van der Waals surface area (Å²) in [4.78, 5) is 26.3. The Bertz CT molecular complexity index is 1090. The van der Waals surface area contributed by atoms with Gasteiger partial charge in [0.25, 0.3) is 5.91 Å². The molecule has 0 bridgehead atoms. The second-order valence-electron chi connectivity index (χ2n) is 8.08. The summed E-state index contributed by atoms with van der Waals surface area (Å²) in [5, 5.41) is 0.818. The quantitative estimate of drug-likeness (QED) is 0.665. The molecule has 0 saturated carbocycles. The Morgan fingerprint density at radius 3 is 2.62 bits per heavy atom. The summed E-state index contributed by atoms with van der Waals surface area (Å²) < 4.78 is 34.6. The van der Waals surface area contributed by atoms with Gasteiger partial charge in [0.1, 0.15) is 11.3 Å². The molecule has 1 aliphatic heterocycles. The molecule has 1 saturated heterocycles. The molecule has 8 heteroatoms. The lowest BCUT2D eigenvalue weighted by Crippen LogP contribution is -2.45. The van der Waals surface area contributed by atoms with E-state index in [9.17, 15) is 18.0 Å². The van der Waals surface area contributed by atoms with Crippen LogP contribution in [0.4, 0.5) is 0 Å². The third-order valence-corrected chi connectivity index (χ3v) is 7.07. The maximum Gasteiger partial charge on any atom is 0.339 e. The van der Waals surface area contributed by atoms with Crippen molar-refractivity contribution in [2.75, 3.05) is 24.7 Å². The highest BCUT2D eigenvalue weighted by Gasteiger charge is 2.35. The normalized spacial score (nSPS) is 18.3. The van der Waals surface area contributed by atoms with Crippen molar-refractivity contribution in [1.82, 2.24) is 4.90 Å². The van der Waals surface area contributed by atoms with Gasteiger partial charge in [0.2, 0.25) is 0 Å². The molecule has 0 N–H and O–H groups in total. The third-order valence-electron chi connectivity index (χ3n) is 5.32. The predicted molar refractivity (Wildman–Crippen MR) is 111 cm³/mol. The summed E-state index contributed by atoms with van der Waals surface area (Å²) >= 11 is 0. The summed E-state index contributed by atoms with van der Waals surface area (Å²) in [5.74, 6) is 0.500. The van der Waals surface area contributed by atoms with Crippen LogP contribution in [0.15, 0.2) is 27.4 Å². The molecule has 0 aliphatic carbocycles. The highest BCUT2D eigenvalue weighted by atomic mass is 32.2. The Balaban J connectivity index is 1.75. The van der Waals surface area contributed by atoms with Crippen LogP contribution in [0.3, 0.4) is 0 Å². The maximum atomic E-state index is 12.8. The summed E-state index contributed by atoms with van der Waals surface area (Å²) in [6.07, 6.45) is 0.459. The number of ether oxygens (including phenoxy) is 1. The first-order valence-electron chi connectivity index (χ1n) is 9.74. The number of carbonyl (C=O) groups excluding carboxylic acids is 1. The summed E-state index contributed by atoms with van der Waals surface area (Å²) in [6.45, 7) is 7.83. The van der Waals surface area contributed by atoms with Gasteiger partial charge in [-0.1, -0.05) is 13.8 Å². The highest BCUT2D eigenvalue weighted by molar-refractivity contribution is 7.91. The van der Waals surface area contributed by atoms with Crippen molar-refractivity contribution < 1.29 is 22.4 Å². The van der Waals surface area contributed by atoms with E-state index in [-0.39, 0.29) is 36.0 Å². The number of rotatable bonds is 6. The second-order valence-corrected chi connectivity index (χ2v) is 10.3. The van der Waals surface area contributed by atoms with Crippen LogP contribution in [-0.2, 0) is 14.6 Å². The van der Waals surface area contributed by atoms with Crippen LogP contribution in [-0.4, -0.2) is 49.9 Å². The van der Waals surface area contributed by atoms with E-state index in [1.807, 2.05) is 20.8 Å². The van der Waals surface area contributed by atoms with Crippen molar-refractivity contribution in [2.24, 2.45) is 5.92 Å². The molecule has 0 spiro atoms. The lowest BCUT2D eigenvalue weighted by molar-refractivity contribution is -0.135. The van der Waals surface area contributed by atoms with Gasteiger partial charge in [-0.3, -0.25) is 4.79 Å². The van der Waals surface area contributed by atoms with Crippen molar-refractivity contribution in [3.8, 4) is 5.75 Å². The number of hydrogen-bond acceptors (Lipinski definition) is 6. The summed E-state index contributed by atoms with van der Waals surface area (Å²) in [6, 6.07) is 4.83. The standard InChI is InChI=1S/C21H27NO6S/c1-13(2)10-22(16-7-8-29(25,26)12-16)20(23)11-27-17-5-6-18-14(3)15(4)21(24)28-19(18)9-17/h5-6,9,13,16H,7-8,10-12H2,1-4H3/t16-/m1/s1. The van der Waals surface area contributed by atoms with Crippen molar-refractivity contribution >= 4 is 26.7 Å². The first kappa shape index (κ1) is 21.4. The van der Waals surface area contributed by atoms with E-state index in [1.165, 1.54) is 0 Å². The van der Waals surface area contributed by atoms with Crippen LogP contribution in [0.5, 0.6) is 5.75 Å². The zero-order valence-electron chi connectivity index (χ0n) is 17.2. The number of fused-ring (bicyclic) bond motifs is 1. The Morgan fingerprint density at radius 1 is 1.28 bits per heavy atom. The van der Waals surface area contributed by atoms with Crippen molar-refractivity contribution in [3.63, 3.8) is 0 Å². The Hall–Kier alpha value is -2.35. The van der Waals surface area contributed by atoms with Gasteiger partial charge in [0.15, 0.2) is 16.4 Å². The molecular weight excluding hydrogens is 394 g/mol. The molecule has 0 radical (unpaired) electrons. The fraction of sp³-hybridized carbons (Fsp3) is 0.524. The van der Waals surface area contributed by atoms with E-state index in [1.54, 1.807) is 30.0 Å². The first-order valence-corrected chi connectivity index (χ1v) is 11.6. The molecule has 2 aromatic rings. The average Bonchev–Trinajstić information content (AvgIpc) is 3.01. The molecule has 1 aromatic heterocycles. The zero-order chi connectivity index (χ0) is 21.3. The van der Waals surface area contributed by atoms with Crippen LogP contribution in [0.2, 0.25) is 0 Å². The van der Waals surface area contributed by atoms with Gasteiger partial charge in [0.05, 0.1) is 11.5 Å². The van der Waals surface area contributed by atoms with E-state index >= 15 is 0 Å². The maximum absolute atomic E-state index is 12.8. The van der Waals surface area contributed by atoms with Gasteiger partial charge in [-0.15, -0.1) is 0 Å². The minimum atomic E-state index is -3.09. The lowest BCUT2D eigenvalue weighted by Gasteiger charge is -2.29. The molecule has 2 heterocycles. The Kier molecular flexibility index (Phi) is 6.03. The van der Waals surface area contributed by atoms with Gasteiger partial charge in [-0.05, 0) is 43.9 Å². The number of hydrogen-bond donors (Lipinski definition) is 0. The van der Waals surface area contributed by atoms with Crippen LogP contribution >= 0.6 is 0 Å². The molecule has 158 valence electrons. The number of aryl methyl sites for hydroxylation is 1. The fourth-order valence-electron chi connectivity index (χ4n) is 3.62. The molecule has 3 rings (SSSR count). The minimum Gasteiger partial charge on any atom is -0.484 e. The fourth-order valence-corrected chi connectivity index (χ4v) is 5.35. The number of sulfone groups is 1. The molecular formula is C21H27NO6S.